The maximum Gasteiger partial charge on any atom is -0.00237 e. The van der Waals surface area contributed by atoms with Crippen molar-refractivity contribution in [1.82, 2.24) is 0 Å². The summed E-state index contributed by atoms with van der Waals surface area (Å²) in [7, 11) is 0. The van der Waals surface area contributed by atoms with Crippen molar-refractivity contribution in [2.45, 2.75) is 47.0 Å². The average Bonchev–Trinajstić information content (AvgIpc) is 2.65. The molecule has 0 aliphatic heterocycles. The Labute approximate surface area is 119 Å². The third-order valence-corrected chi connectivity index (χ3v) is 2.98. The standard InChI is InChI=1S/C14H16.C3H6.C2H6/c1-3-12-10-14-8-6-4-5-7-13(14)9-11(12)2;1-3-2;1-2/h3-4,6-8H,1,5,9-10H2,2H3;3H,1H2,2H3;1-2H3. The van der Waals surface area contributed by atoms with Crippen LogP contribution in [0.15, 0.2) is 71.9 Å². The Balaban J connectivity index is 0.000000573. The normalized spacial score (nSPS) is 16.4. The molecule has 104 valence electrons. The third kappa shape index (κ3) is 5.74. The summed E-state index contributed by atoms with van der Waals surface area (Å²) < 4.78 is 0. The maximum atomic E-state index is 3.87. The van der Waals surface area contributed by atoms with Gasteiger partial charge in [-0.25, -0.2) is 0 Å². The molecule has 0 amide bonds. The van der Waals surface area contributed by atoms with Crippen molar-refractivity contribution in [3.8, 4) is 0 Å². The van der Waals surface area contributed by atoms with Crippen molar-refractivity contribution in [2.24, 2.45) is 0 Å². The Kier molecular flexibility index (Phi) is 9.52. The maximum absolute atomic E-state index is 3.87. The van der Waals surface area contributed by atoms with Crippen LogP contribution < -0.4 is 0 Å². The smallest absolute Gasteiger partial charge is 0.00237 e. The predicted octanol–water partition coefficient (Wildman–Crippen LogP) is 6.31. The van der Waals surface area contributed by atoms with Crippen molar-refractivity contribution in [3.05, 3.63) is 71.9 Å². The van der Waals surface area contributed by atoms with E-state index in [1.165, 1.54) is 22.3 Å². The van der Waals surface area contributed by atoms with E-state index in [9.17, 15) is 0 Å². The fourth-order valence-electron chi connectivity index (χ4n) is 2.07. The van der Waals surface area contributed by atoms with Crippen LogP contribution >= 0.6 is 0 Å². The lowest BCUT2D eigenvalue weighted by atomic mass is 9.84. The molecule has 0 N–H and O–H groups in total. The lowest BCUT2D eigenvalue weighted by Gasteiger charge is -2.21. The van der Waals surface area contributed by atoms with Crippen LogP contribution in [0.3, 0.4) is 0 Å². The van der Waals surface area contributed by atoms with Crippen LogP contribution in [0.5, 0.6) is 0 Å². The highest BCUT2D eigenvalue weighted by atomic mass is 14.2. The van der Waals surface area contributed by atoms with E-state index >= 15 is 0 Å². The van der Waals surface area contributed by atoms with Gasteiger partial charge in [0.2, 0.25) is 0 Å². The van der Waals surface area contributed by atoms with Crippen LogP contribution in [0, 0.1) is 0 Å². The zero-order valence-corrected chi connectivity index (χ0v) is 13.0. The summed E-state index contributed by atoms with van der Waals surface area (Å²) in [4.78, 5) is 0. The molecule has 0 bridgehead atoms. The fraction of sp³-hybridized carbons (Fsp3) is 0.368. The molecule has 0 saturated carbocycles. The van der Waals surface area contributed by atoms with E-state index in [2.05, 4.69) is 44.4 Å². The SMILES string of the molecule is C=CC.C=CC1=C(C)CC2=CCC=CC=C2C1.CC. The monoisotopic (exact) mass is 256 g/mol. The zero-order valence-electron chi connectivity index (χ0n) is 13.0. The van der Waals surface area contributed by atoms with E-state index in [4.69, 9.17) is 0 Å². The van der Waals surface area contributed by atoms with Crippen LogP contribution in [0.2, 0.25) is 0 Å². The second-order valence-electron chi connectivity index (χ2n) is 4.36. The molecule has 0 heterocycles. The molecule has 0 atom stereocenters. The van der Waals surface area contributed by atoms with Gasteiger partial charge in [-0.3, -0.25) is 0 Å². The van der Waals surface area contributed by atoms with Gasteiger partial charge in [-0.15, -0.1) is 6.58 Å². The molecule has 0 unspecified atom stereocenters. The number of allylic oxidation sites excluding steroid dienone is 10. The highest BCUT2D eigenvalue weighted by Crippen LogP contribution is 2.34. The van der Waals surface area contributed by atoms with Gasteiger partial charge in [0.15, 0.2) is 0 Å². The molecule has 0 aromatic heterocycles. The van der Waals surface area contributed by atoms with Gasteiger partial charge in [-0.05, 0) is 49.8 Å². The lowest BCUT2D eigenvalue weighted by Crippen LogP contribution is -2.02. The lowest BCUT2D eigenvalue weighted by molar-refractivity contribution is 0.963. The summed E-state index contributed by atoms with van der Waals surface area (Å²) in [6, 6.07) is 0. The third-order valence-electron chi connectivity index (χ3n) is 2.98. The van der Waals surface area contributed by atoms with E-state index in [-0.39, 0.29) is 0 Å². The molecule has 0 aromatic carbocycles. The zero-order chi connectivity index (χ0) is 14.7. The van der Waals surface area contributed by atoms with E-state index in [0.717, 1.165) is 19.3 Å². The molecule has 0 fully saturated rings. The van der Waals surface area contributed by atoms with Gasteiger partial charge in [-0.2, -0.15) is 0 Å². The first-order chi connectivity index (χ1) is 9.22. The minimum atomic E-state index is 1.06. The van der Waals surface area contributed by atoms with Crippen LogP contribution in [0.1, 0.15) is 47.0 Å². The molecule has 0 radical (unpaired) electrons. The van der Waals surface area contributed by atoms with Gasteiger partial charge in [0.1, 0.15) is 0 Å². The molecule has 0 saturated heterocycles. The average molecular weight is 256 g/mol. The summed E-state index contributed by atoms with van der Waals surface area (Å²) in [5.74, 6) is 0. The van der Waals surface area contributed by atoms with Crippen molar-refractivity contribution < 1.29 is 0 Å². The highest BCUT2D eigenvalue weighted by molar-refractivity contribution is 5.48. The number of rotatable bonds is 1. The van der Waals surface area contributed by atoms with Crippen LogP contribution in [0.4, 0.5) is 0 Å². The molecular formula is C19H28. The molecule has 0 spiro atoms. The number of fused-ring (bicyclic) bond motifs is 1. The Morgan fingerprint density at radius 3 is 2.32 bits per heavy atom. The van der Waals surface area contributed by atoms with Gasteiger partial charge in [0.05, 0.1) is 0 Å². The van der Waals surface area contributed by atoms with Crippen molar-refractivity contribution in [2.75, 3.05) is 0 Å². The summed E-state index contributed by atoms with van der Waals surface area (Å²) in [6.07, 6.45) is 16.0. The Hall–Kier alpha value is -1.56. The topological polar surface area (TPSA) is 0 Å². The molecule has 2 aliphatic carbocycles. The highest BCUT2D eigenvalue weighted by Gasteiger charge is 2.15. The van der Waals surface area contributed by atoms with E-state index in [0.29, 0.717) is 0 Å². The summed E-state index contributed by atoms with van der Waals surface area (Å²) in [5, 5.41) is 0. The van der Waals surface area contributed by atoms with Gasteiger partial charge in [-0.1, -0.05) is 62.5 Å². The Morgan fingerprint density at radius 1 is 1.11 bits per heavy atom. The minimum Gasteiger partial charge on any atom is -0.103 e. The molecule has 0 aromatic rings. The van der Waals surface area contributed by atoms with Gasteiger partial charge in [0, 0.05) is 0 Å². The quantitative estimate of drug-likeness (QED) is 0.482. The van der Waals surface area contributed by atoms with Crippen molar-refractivity contribution in [3.63, 3.8) is 0 Å². The van der Waals surface area contributed by atoms with Gasteiger partial charge >= 0.3 is 0 Å². The largest absolute Gasteiger partial charge is 0.103 e. The van der Waals surface area contributed by atoms with E-state index in [1.807, 2.05) is 26.8 Å². The molecule has 2 aliphatic rings. The summed E-state index contributed by atoms with van der Waals surface area (Å²) in [6.45, 7) is 15.3. The second kappa shape index (κ2) is 10.4. The summed E-state index contributed by atoms with van der Waals surface area (Å²) >= 11 is 0. The predicted molar refractivity (Wildman–Crippen MR) is 89.3 cm³/mol. The van der Waals surface area contributed by atoms with Crippen LogP contribution in [0.25, 0.3) is 0 Å². The van der Waals surface area contributed by atoms with Crippen molar-refractivity contribution in [1.29, 1.82) is 0 Å². The molecule has 0 heteroatoms. The minimum absolute atomic E-state index is 1.06. The molecule has 2 rings (SSSR count). The van der Waals surface area contributed by atoms with E-state index < -0.39 is 0 Å². The number of hydrogen-bond acceptors (Lipinski definition) is 0. The first-order valence-electron chi connectivity index (χ1n) is 7.16. The summed E-state index contributed by atoms with van der Waals surface area (Å²) in [5.41, 5.74) is 5.87. The van der Waals surface area contributed by atoms with Gasteiger partial charge in [0.25, 0.3) is 0 Å². The Morgan fingerprint density at radius 2 is 1.74 bits per heavy atom. The molecular weight excluding hydrogens is 228 g/mol. The van der Waals surface area contributed by atoms with Crippen LogP contribution in [-0.2, 0) is 0 Å². The molecule has 0 nitrogen and oxygen atoms in total. The second-order valence-corrected chi connectivity index (χ2v) is 4.36. The number of hydrogen-bond donors (Lipinski definition) is 0. The first-order valence-corrected chi connectivity index (χ1v) is 7.16. The fourth-order valence-corrected chi connectivity index (χ4v) is 2.07. The van der Waals surface area contributed by atoms with Gasteiger partial charge < -0.3 is 0 Å². The Bertz CT molecular complexity index is 411. The van der Waals surface area contributed by atoms with Crippen molar-refractivity contribution >= 4 is 0 Å². The van der Waals surface area contributed by atoms with E-state index in [1.54, 1.807) is 6.08 Å². The van der Waals surface area contributed by atoms with Crippen LogP contribution in [-0.4, -0.2) is 0 Å². The first kappa shape index (κ1) is 17.4. The molecule has 19 heavy (non-hydrogen) atoms.